The van der Waals surface area contributed by atoms with Crippen LogP contribution in [0.5, 0.6) is 0 Å². The van der Waals surface area contributed by atoms with E-state index >= 15 is 0 Å². The average molecular weight is 426 g/mol. The molecule has 0 amide bonds. The number of carbonyl (C=O) groups is 2. The molecule has 0 saturated carbocycles. The highest BCUT2D eigenvalue weighted by molar-refractivity contribution is 5.75. The van der Waals surface area contributed by atoms with Gasteiger partial charge in [0.2, 0.25) is 0 Å². The minimum atomic E-state index is -0.560. The van der Waals surface area contributed by atoms with Gasteiger partial charge >= 0.3 is 6.16 Å². The zero-order valence-corrected chi connectivity index (χ0v) is 20.3. The molecular formula is C25H47NO4. The van der Waals surface area contributed by atoms with Gasteiger partial charge < -0.3 is 19.6 Å². The second-order valence-corrected chi connectivity index (χ2v) is 10.1. The maximum Gasteiger partial charge on any atom is 0.509 e. The summed E-state index contributed by atoms with van der Waals surface area (Å²) in [5.74, 6) is 0.321. The molecule has 1 N–H and O–H groups in total. The maximum atomic E-state index is 11.9. The van der Waals surface area contributed by atoms with Gasteiger partial charge in [-0.1, -0.05) is 57.8 Å². The van der Waals surface area contributed by atoms with Crippen LogP contribution in [0.4, 0.5) is 4.79 Å². The SMILES string of the molecule is CC(=O)CCCCCCCCCCCC[C@H]1CC[C@@H](OC(=O)OC(C)(C)C)[C@@H](C)N1. The maximum absolute atomic E-state index is 11.9. The van der Waals surface area contributed by atoms with Crippen LogP contribution in [0.1, 0.15) is 125 Å². The van der Waals surface area contributed by atoms with Gasteiger partial charge in [0, 0.05) is 18.5 Å². The summed E-state index contributed by atoms with van der Waals surface area (Å²) in [4.78, 5) is 22.8. The summed E-state index contributed by atoms with van der Waals surface area (Å²) >= 11 is 0. The number of carbonyl (C=O) groups excluding carboxylic acids is 2. The Bertz CT molecular complexity index is 486. The molecule has 0 aromatic heterocycles. The second kappa shape index (κ2) is 14.8. The molecule has 0 bridgehead atoms. The van der Waals surface area contributed by atoms with Crippen LogP contribution in [-0.2, 0) is 14.3 Å². The number of rotatable bonds is 14. The Morgan fingerprint density at radius 2 is 1.40 bits per heavy atom. The Hall–Kier alpha value is -1.10. The van der Waals surface area contributed by atoms with Gasteiger partial charge in [-0.05, 0) is 60.3 Å². The number of nitrogens with one attached hydrogen (secondary N) is 1. The lowest BCUT2D eigenvalue weighted by molar-refractivity contribution is -0.117. The van der Waals surface area contributed by atoms with Gasteiger partial charge in [-0.25, -0.2) is 4.79 Å². The fraction of sp³-hybridized carbons (Fsp3) is 0.920. The topological polar surface area (TPSA) is 64.6 Å². The van der Waals surface area contributed by atoms with Crippen molar-refractivity contribution in [3.63, 3.8) is 0 Å². The van der Waals surface area contributed by atoms with E-state index in [1.54, 1.807) is 6.92 Å². The summed E-state index contributed by atoms with van der Waals surface area (Å²) in [5, 5.41) is 3.62. The van der Waals surface area contributed by atoms with Crippen molar-refractivity contribution >= 4 is 11.9 Å². The Labute approximate surface area is 185 Å². The third-order valence-electron chi connectivity index (χ3n) is 5.82. The number of piperidine rings is 1. The smallest absolute Gasteiger partial charge is 0.429 e. The van der Waals surface area contributed by atoms with Crippen molar-refractivity contribution in [2.75, 3.05) is 0 Å². The summed E-state index contributed by atoms with van der Waals surface area (Å²) in [6, 6.07) is 0.709. The molecule has 5 heteroatoms. The van der Waals surface area contributed by atoms with E-state index in [9.17, 15) is 9.59 Å². The number of Topliss-reactive ketones (excluding diaryl/α,β-unsaturated/α-hetero) is 1. The minimum absolute atomic E-state index is 0.0986. The van der Waals surface area contributed by atoms with Crippen LogP contribution >= 0.6 is 0 Å². The molecule has 3 atom stereocenters. The van der Waals surface area contributed by atoms with Crippen LogP contribution in [0.3, 0.4) is 0 Å². The van der Waals surface area contributed by atoms with Gasteiger partial charge in [0.1, 0.15) is 17.5 Å². The van der Waals surface area contributed by atoms with Crippen LogP contribution in [0, 0.1) is 0 Å². The Kier molecular flexibility index (Phi) is 13.3. The third kappa shape index (κ3) is 14.0. The monoisotopic (exact) mass is 425 g/mol. The molecule has 0 radical (unpaired) electrons. The molecule has 176 valence electrons. The first-order valence-electron chi connectivity index (χ1n) is 12.3. The number of ether oxygens (including phenoxy) is 2. The largest absolute Gasteiger partial charge is 0.509 e. The molecule has 0 unspecified atom stereocenters. The molecular weight excluding hydrogens is 378 g/mol. The van der Waals surface area contributed by atoms with E-state index in [0.29, 0.717) is 11.8 Å². The van der Waals surface area contributed by atoms with Crippen molar-refractivity contribution in [3.8, 4) is 0 Å². The van der Waals surface area contributed by atoms with Crippen LogP contribution in [0.15, 0.2) is 0 Å². The summed E-state index contributed by atoms with van der Waals surface area (Å²) in [7, 11) is 0. The van der Waals surface area contributed by atoms with E-state index in [0.717, 1.165) is 25.7 Å². The number of hydrogen-bond donors (Lipinski definition) is 1. The molecule has 1 saturated heterocycles. The minimum Gasteiger partial charge on any atom is -0.429 e. The van der Waals surface area contributed by atoms with Crippen molar-refractivity contribution in [2.45, 2.75) is 148 Å². The Morgan fingerprint density at radius 3 is 1.90 bits per heavy atom. The predicted octanol–water partition coefficient (Wildman–Crippen LogP) is 6.72. The lowest BCUT2D eigenvalue weighted by Gasteiger charge is -2.35. The van der Waals surface area contributed by atoms with Crippen molar-refractivity contribution < 1.29 is 19.1 Å². The van der Waals surface area contributed by atoms with Crippen LogP contribution in [0.2, 0.25) is 0 Å². The zero-order chi connectivity index (χ0) is 22.4. The van der Waals surface area contributed by atoms with Crippen LogP contribution in [0.25, 0.3) is 0 Å². The fourth-order valence-corrected chi connectivity index (χ4v) is 4.14. The highest BCUT2D eigenvalue weighted by atomic mass is 16.7. The molecule has 1 fully saturated rings. The van der Waals surface area contributed by atoms with Crippen molar-refractivity contribution in [1.29, 1.82) is 0 Å². The van der Waals surface area contributed by atoms with E-state index < -0.39 is 11.8 Å². The summed E-state index contributed by atoms with van der Waals surface area (Å²) in [6.07, 6.45) is 16.1. The van der Waals surface area contributed by atoms with Crippen LogP contribution in [-0.4, -0.2) is 35.7 Å². The molecule has 0 aromatic rings. The molecule has 1 rings (SSSR count). The van der Waals surface area contributed by atoms with E-state index in [4.69, 9.17) is 9.47 Å². The lowest BCUT2D eigenvalue weighted by atomic mass is 9.93. The fourth-order valence-electron chi connectivity index (χ4n) is 4.14. The first kappa shape index (κ1) is 26.9. The Balaban J connectivity index is 1.98. The molecule has 0 aromatic carbocycles. The normalized spacial score (nSPS) is 22.0. The first-order chi connectivity index (χ1) is 14.2. The summed E-state index contributed by atoms with van der Waals surface area (Å²) in [6.45, 7) is 9.34. The lowest BCUT2D eigenvalue weighted by Crippen LogP contribution is -2.50. The third-order valence-corrected chi connectivity index (χ3v) is 5.82. The molecule has 1 aliphatic heterocycles. The quantitative estimate of drug-likeness (QED) is 0.247. The second-order valence-electron chi connectivity index (χ2n) is 10.1. The van der Waals surface area contributed by atoms with Crippen LogP contribution < -0.4 is 5.32 Å². The van der Waals surface area contributed by atoms with E-state index in [1.165, 1.54) is 64.2 Å². The average Bonchev–Trinajstić information content (AvgIpc) is 2.63. The van der Waals surface area contributed by atoms with Gasteiger partial charge in [0.05, 0.1) is 0 Å². The van der Waals surface area contributed by atoms with E-state index in [2.05, 4.69) is 12.2 Å². The summed E-state index contributed by atoms with van der Waals surface area (Å²) < 4.78 is 10.8. The van der Waals surface area contributed by atoms with Gasteiger partial charge in [0.25, 0.3) is 0 Å². The van der Waals surface area contributed by atoms with Gasteiger partial charge in [-0.3, -0.25) is 0 Å². The van der Waals surface area contributed by atoms with Gasteiger partial charge in [0.15, 0.2) is 0 Å². The highest BCUT2D eigenvalue weighted by Crippen LogP contribution is 2.22. The zero-order valence-electron chi connectivity index (χ0n) is 20.3. The van der Waals surface area contributed by atoms with E-state index in [-0.39, 0.29) is 12.1 Å². The molecule has 0 spiro atoms. The predicted molar refractivity (Wildman–Crippen MR) is 123 cm³/mol. The molecule has 5 nitrogen and oxygen atoms in total. The number of ketones is 1. The van der Waals surface area contributed by atoms with Gasteiger partial charge in [-0.2, -0.15) is 0 Å². The molecule has 1 heterocycles. The highest BCUT2D eigenvalue weighted by Gasteiger charge is 2.30. The number of hydrogen-bond acceptors (Lipinski definition) is 5. The molecule has 0 aliphatic carbocycles. The molecule has 30 heavy (non-hydrogen) atoms. The van der Waals surface area contributed by atoms with Crippen molar-refractivity contribution in [1.82, 2.24) is 5.32 Å². The van der Waals surface area contributed by atoms with E-state index in [1.807, 2.05) is 20.8 Å². The first-order valence-corrected chi connectivity index (χ1v) is 12.3. The van der Waals surface area contributed by atoms with Crippen molar-refractivity contribution in [2.24, 2.45) is 0 Å². The van der Waals surface area contributed by atoms with Crippen molar-refractivity contribution in [3.05, 3.63) is 0 Å². The van der Waals surface area contributed by atoms with Gasteiger partial charge in [-0.15, -0.1) is 0 Å². The standard InChI is InChI=1S/C25H47NO4/c1-20(27)16-14-12-10-8-6-7-9-11-13-15-17-22-18-19-23(21(2)26-22)29-24(28)30-25(3,4)5/h21-23,26H,6-19H2,1-5H3/t21-,22+,23-/m1/s1. The summed E-state index contributed by atoms with van der Waals surface area (Å²) in [5.41, 5.74) is -0.513. The number of unbranched alkanes of at least 4 members (excludes halogenated alkanes) is 9. The Morgan fingerprint density at radius 1 is 0.867 bits per heavy atom. The molecule has 1 aliphatic rings.